The Morgan fingerprint density at radius 3 is 2.58 bits per heavy atom. The lowest BCUT2D eigenvalue weighted by atomic mass is 9.87. The topological polar surface area (TPSA) is 3.24 Å². The number of hydrogen-bond acceptors (Lipinski definition) is 1. The first-order chi connectivity index (χ1) is 5.61. The second-order valence-corrected chi connectivity index (χ2v) is 3.81. The molecule has 62 valence electrons. The summed E-state index contributed by atoms with van der Waals surface area (Å²) >= 11 is 0. The fourth-order valence-electron chi connectivity index (χ4n) is 1.83. The fraction of sp³-hybridized carbons (Fsp3) is 0.364. The standard InChI is InChI=1S/C11H13N/c1-11(2)8-12(3)10-7-5-4-6-9(10)11/h4-7H,1-3H3. The summed E-state index contributed by atoms with van der Waals surface area (Å²) < 4.78 is 0. The van der Waals surface area contributed by atoms with Gasteiger partial charge < -0.3 is 4.90 Å². The summed E-state index contributed by atoms with van der Waals surface area (Å²) in [4.78, 5) is 2.08. The third kappa shape index (κ3) is 0.927. The molecule has 2 radical (unpaired) electrons. The van der Waals surface area contributed by atoms with Crippen molar-refractivity contribution in [2.75, 3.05) is 11.9 Å². The van der Waals surface area contributed by atoms with E-state index in [0.717, 1.165) is 0 Å². The van der Waals surface area contributed by atoms with Crippen molar-refractivity contribution in [1.29, 1.82) is 0 Å². The lowest BCUT2D eigenvalue weighted by Crippen LogP contribution is -2.18. The van der Waals surface area contributed by atoms with E-state index in [0.29, 0.717) is 0 Å². The largest absolute Gasteiger partial charge is 0.363 e. The quantitative estimate of drug-likeness (QED) is 0.562. The van der Waals surface area contributed by atoms with E-state index in [2.05, 4.69) is 49.6 Å². The van der Waals surface area contributed by atoms with Gasteiger partial charge in [0.1, 0.15) is 6.54 Å². The minimum absolute atomic E-state index is 0.0747. The van der Waals surface area contributed by atoms with Gasteiger partial charge in [0.2, 0.25) is 0 Å². The van der Waals surface area contributed by atoms with Crippen LogP contribution in [0.4, 0.5) is 5.69 Å². The lowest BCUT2D eigenvalue weighted by Gasteiger charge is -2.16. The molecule has 0 N–H and O–H groups in total. The van der Waals surface area contributed by atoms with Gasteiger partial charge in [-0.3, -0.25) is 0 Å². The number of fused-ring (bicyclic) bond motifs is 1. The maximum absolute atomic E-state index is 3.39. The molecule has 1 aliphatic rings. The number of likely N-dealkylation sites (N-methyl/N-ethyl adjacent to an activating group) is 1. The fourth-order valence-corrected chi connectivity index (χ4v) is 1.83. The summed E-state index contributed by atoms with van der Waals surface area (Å²) in [6, 6.07) is 8.46. The molecule has 1 nitrogen and oxygen atoms in total. The molecule has 0 saturated heterocycles. The number of benzene rings is 1. The molecular formula is C11H13N. The van der Waals surface area contributed by atoms with Crippen molar-refractivity contribution in [1.82, 2.24) is 0 Å². The first kappa shape index (κ1) is 7.66. The molecule has 1 heteroatoms. The van der Waals surface area contributed by atoms with Crippen LogP contribution in [0.15, 0.2) is 24.3 Å². The SMILES string of the molecule is CN1[C]C(C)(C)c2ccccc21. The minimum atomic E-state index is 0.0747. The molecule has 1 aromatic rings. The summed E-state index contributed by atoms with van der Waals surface area (Å²) in [5.41, 5.74) is 2.72. The van der Waals surface area contributed by atoms with Crippen LogP contribution in [0.5, 0.6) is 0 Å². The van der Waals surface area contributed by atoms with Crippen molar-refractivity contribution in [3.05, 3.63) is 36.4 Å². The Bertz CT molecular complexity index is 302. The molecule has 0 aliphatic carbocycles. The van der Waals surface area contributed by atoms with E-state index in [1.54, 1.807) is 0 Å². The molecule has 0 unspecified atom stereocenters. The zero-order valence-electron chi connectivity index (χ0n) is 7.76. The van der Waals surface area contributed by atoms with E-state index in [4.69, 9.17) is 0 Å². The van der Waals surface area contributed by atoms with E-state index >= 15 is 0 Å². The average molecular weight is 159 g/mol. The highest BCUT2D eigenvalue weighted by atomic mass is 15.1. The van der Waals surface area contributed by atoms with Crippen LogP contribution in [0.25, 0.3) is 0 Å². The molecule has 1 aromatic carbocycles. The van der Waals surface area contributed by atoms with Gasteiger partial charge in [0, 0.05) is 18.2 Å². The van der Waals surface area contributed by atoms with Gasteiger partial charge >= 0.3 is 0 Å². The van der Waals surface area contributed by atoms with Crippen LogP contribution in [0.1, 0.15) is 19.4 Å². The van der Waals surface area contributed by atoms with Crippen LogP contribution in [-0.2, 0) is 5.41 Å². The Balaban J connectivity index is 2.58. The van der Waals surface area contributed by atoms with Crippen LogP contribution in [-0.4, -0.2) is 7.05 Å². The van der Waals surface area contributed by atoms with Crippen molar-refractivity contribution >= 4 is 5.69 Å². The van der Waals surface area contributed by atoms with Crippen molar-refractivity contribution in [3.63, 3.8) is 0 Å². The first-order valence-corrected chi connectivity index (χ1v) is 4.22. The third-order valence-electron chi connectivity index (χ3n) is 2.39. The van der Waals surface area contributed by atoms with E-state index in [1.165, 1.54) is 11.3 Å². The highest BCUT2D eigenvalue weighted by molar-refractivity contribution is 5.64. The van der Waals surface area contributed by atoms with Crippen LogP contribution in [0.2, 0.25) is 0 Å². The highest BCUT2D eigenvalue weighted by Crippen LogP contribution is 2.41. The van der Waals surface area contributed by atoms with Gasteiger partial charge in [0.15, 0.2) is 0 Å². The molecule has 0 saturated carbocycles. The van der Waals surface area contributed by atoms with Gasteiger partial charge in [0.05, 0.1) is 0 Å². The Morgan fingerprint density at radius 1 is 1.25 bits per heavy atom. The van der Waals surface area contributed by atoms with Crippen molar-refractivity contribution < 1.29 is 0 Å². The Kier molecular flexibility index (Phi) is 1.44. The second-order valence-electron chi connectivity index (χ2n) is 3.81. The monoisotopic (exact) mass is 159 g/mol. The minimum Gasteiger partial charge on any atom is -0.363 e. The van der Waals surface area contributed by atoms with Crippen molar-refractivity contribution in [3.8, 4) is 0 Å². The molecule has 0 spiro atoms. The van der Waals surface area contributed by atoms with Gasteiger partial charge in [-0.25, -0.2) is 0 Å². The Morgan fingerprint density at radius 2 is 1.92 bits per heavy atom. The molecule has 0 fully saturated rings. The Labute approximate surface area is 74.0 Å². The van der Waals surface area contributed by atoms with Crippen LogP contribution < -0.4 is 4.90 Å². The van der Waals surface area contributed by atoms with Crippen LogP contribution in [0, 0.1) is 6.54 Å². The van der Waals surface area contributed by atoms with Crippen molar-refractivity contribution in [2.45, 2.75) is 19.3 Å². The van der Waals surface area contributed by atoms with E-state index < -0.39 is 0 Å². The summed E-state index contributed by atoms with van der Waals surface area (Å²) in [5, 5.41) is 0. The van der Waals surface area contributed by atoms with Gasteiger partial charge in [-0.05, 0) is 11.6 Å². The lowest BCUT2D eigenvalue weighted by molar-refractivity contribution is 0.632. The van der Waals surface area contributed by atoms with Crippen molar-refractivity contribution in [2.24, 2.45) is 0 Å². The summed E-state index contributed by atoms with van der Waals surface area (Å²) in [7, 11) is 2.05. The maximum Gasteiger partial charge on any atom is 0.102 e. The number of rotatable bonds is 0. The maximum atomic E-state index is 3.39. The van der Waals surface area contributed by atoms with Gasteiger partial charge in [-0.15, -0.1) is 0 Å². The molecule has 1 heterocycles. The van der Waals surface area contributed by atoms with E-state index in [-0.39, 0.29) is 5.41 Å². The van der Waals surface area contributed by atoms with E-state index in [1.807, 2.05) is 7.05 Å². The van der Waals surface area contributed by atoms with Crippen LogP contribution >= 0.6 is 0 Å². The Hall–Kier alpha value is -0.980. The molecule has 0 aromatic heterocycles. The zero-order valence-corrected chi connectivity index (χ0v) is 7.76. The smallest absolute Gasteiger partial charge is 0.102 e. The average Bonchev–Trinajstić information content (AvgIpc) is 2.25. The van der Waals surface area contributed by atoms with Gasteiger partial charge in [-0.2, -0.15) is 0 Å². The molecule has 0 bridgehead atoms. The summed E-state index contributed by atoms with van der Waals surface area (Å²) in [5.74, 6) is 0. The number of nitrogens with zero attached hydrogens (tertiary/aromatic N) is 1. The summed E-state index contributed by atoms with van der Waals surface area (Å²) in [6.45, 7) is 7.77. The molecule has 12 heavy (non-hydrogen) atoms. The zero-order chi connectivity index (χ0) is 8.77. The molecule has 0 amide bonds. The summed E-state index contributed by atoms with van der Waals surface area (Å²) in [6.07, 6.45) is 0. The van der Waals surface area contributed by atoms with Crippen LogP contribution in [0.3, 0.4) is 0 Å². The molecule has 1 aliphatic heterocycles. The molecular weight excluding hydrogens is 146 g/mol. The molecule has 0 atom stereocenters. The predicted molar refractivity (Wildman–Crippen MR) is 51.1 cm³/mol. The molecule has 2 rings (SSSR count). The first-order valence-electron chi connectivity index (χ1n) is 4.22. The number of hydrogen-bond donors (Lipinski definition) is 0. The predicted octanol–water partition coefficient (Wildman–Crippen LogP) is 2.45. The number of para-hydroxylation sites is 1. The van der Waals surface area contributed by atoms with Gasteiger partial charge in [0.25, 0.3) is 0 Å². The third-order valence-corrected chi connectivity index (χ3v) is 2.39. The normalized spacial score (nSPS) is 19.4. The van der Waals surface area contributed by atoms with E-state index in [9.17, 15) is 0 Å². The highest BCUT2D eigenvalue weighted by Gasteiger charge is 2.33. The van der Waals surface area contributed by atoms with Gasteiger partial charge in [-0.1, -0.05) is 32.0 Å². The number of anilines is 1. The second kappa shape index (κ2) is 2.25.